The summed E-state index contributed by atoms with van der Waals surface area (Å²) in [5, 5.41) is 14.1. The van der Waals surface area contributed by atoms with Gasteiger partial charge in [0.15, 0.2) is 0 Å². The summed E-state index contributed by atoms with van der Waals surface area (Å²) in [6.45, 7) is 13.4. The number of nitrogens with zero attached hydrogens (tertiary/aromatic N) is 2. The van der Waals surface area contributed by atoms with Gasteiger partial charge in [0.1, 0.15) is 11.6 Å². The molecule has 2 aromatic rings. The Kier molecular flexibility index (Phi) is 8.50. The molecule has 1 aromatic heterocycles. The maximum absolute atomic E-state index is 12.4. The van der Waals surface area contributed by atoms with Gasteiger partial charge in [0.05, 0.1) is 5.75 Å². The van der Waals surface area contributed by atoms with Gasteiger partial charge in [-0.15, -0.1) is 10.2 Å². The Balaban J connectivity index is 1.99. The summed E-state index contributed by atoms with van der Waals surface area (Å²) < 4.78 is 11.1. The van der Waals surface area contributed by atoms with E-state index in [1.165, 1.54) is 0 Å². The van der Waals surface area contributed by atoms with E-state index in [9.17, 15) is 9.59 Å². The van der Waals surface area contributed by atoms with Crippen LogP contribution in [-0.4, -0.2) is 33.6 Å². The molecule has 0 aliphatic rings. The van der Waals surface area contributed by atoms with Crippen molar-refractivity contribution in [2.75, 3.05) is 11.1 Å². The normalized spacial score (nSPS) is 12.5. The Morgan fingerprint density at radius 3 is 2.39 bits per heavy atom. The summed E-state index contributed by atoms with van der Waals surface area (Å²) in [4.78, 5) is 24.6. The highest BCUT2D eigenvalue weighted by atomic mass is 32.2. The second-order valence-electron chi connectivity index (χ2n) is 8.84. The first-order valence-electron chi connectivity index (χ1n) is 10.3. The zero-order chi connectivity index (χ0) is 23.2. The van der Waals surface area contributed by atoms with Crippen LogP contribution in [0.5, 0.6) is 0 Å². The third-order valence-electron chi connectivity index (χ3n) is 4.19. The van der Waals surface area contributed by atoms with Crippen LogP contribution in [0.1, 0.15) is 64.1 Å². The minimum absolute atomic E-state index is 0.129. The molecule has 2 N–H and O–H groups in total. The van der Waals surface area contributed by atoms with E-state index >= 15 is 0 Å². The number of nitrogens with one attached hydrogen (secondary N) is 2. The van der Waals surface area contributed by atoms with Crippen LogP contribution in [0.25, 0.3) is 0 Å². The summed E-state index contributed by atoms with van der Waals surface area (Å²) in [6, 6.07) is 5.38. The monoisotopic (exact) mass is 448 g/mol. The Morgan fingerprint density at radius 1 is 1.16 bits per heavy atom. The second kappa shape index (κ2) is 10.7. The largest absolute Gasteiger partial charge is 0.444 e. The molecule has 0 unspecified atom stereocenters. The fourth-order valence-corrected chi connectivity index (χ4v) is 3.45. The molecule has 0 fully saturated rings. The zero-order valence-corrected chi connectivity index (χ0v) is 20.1. The van der Waals surface area contributed by atoms with Crippen LogP contribution >= 0.6 is 11.8 Å². The lowest BCUT2D eigenvalue weighted by molar-refractivity contribution is -0.113. The van der Waals surface area contributed by atoms with Gasteiger partial charge in [-0.1, -0.05) is 43.8 Å². The number of alkyl carbamates (subject to hydrolysis) is 1. The van der Waals surface area contributed by atoms with Crippen molar-refractivity contribution in [1.29, 1.82) is 0 Å². The topological polar surface area (TPSA) is 106 Å². The van der Waals surface area contributed by atoms with Crippen LogP contribution in [0, 0.1) is 19.8 Å². The van der Waals surface area contributed by atoms with Crippen molar-refractivity contribution in [3.05, 3.63) is 35.2 Å². The minimum atomic E-state index is -0.606. The molecule has 0 spiro atoms. The van der Waals surface area contributed by atoms with Crippen LogP contribution in [0.2, 0.25) is 0 Å². The number of benzene rings is 1. The number of amides is 2. The van der Waals surface area contributed by atoms with Gasteiger partial charge in [-0.25, -0.2) is 4.79 Å². The highest BCUT2D eigenvalue weighted by Gasteiger charge is 2.25. The van der Waals surface area contributed by atoms with Gasteiger partial charge in [-0.05, 0) is 58.1 Å². The van der Waals surface area contributed by atoms with E-state index in [2.05, 4.69) is 20.8 Å². The van der Waals surface area contributed by atoms with Crippen molar-refractivity contribution in [2.24, 2.45) is 5.92 Å². The Bertz CT molecular complexity index is 885. The van der Waals surface area contributed by atoms with Crippen molar-refractivity contribution in [2.45, 2.75) is 71.8 Å². The zero-order valence-electron chi connectivity index (χ0n) is 19.2. The van der Waals surface area contributed by atoms with Crippen molar-refractivity contribution in [3.8, 4) is 0 Å². The maximum Gasteiger partial charge on any atom is 0.408 e. The molecule has 0 aliphatic heterocycles. The van der Waals surface area contributed by atoms with Gasteiger partial charge >= 0.3 is 6.09 Å². The number of hydrogen-bond acceptors (Lipinski definition) is 7. The molecule has 0 saturated carbocycles. The Hall–Kier alpha value is -2.55. The molecule has 2 rings (SSSR count). The highest BCUT2D eigenvalue weighted by Crippen LogP contribution is 2.25. The number of thioether (sulfide) groups is 1. The molecule has 8 nitrogen and oxygen atoms in total. The average Bonchev–Trinajstić information content (AvgIpc) is 3.10. The van der Waals surface area contributed by atoms with Gasteiger partial charge in [0.2, 0.25) is 11.8 Å². The van der Waals surface area contributed by atoms with E-state index in [1.807, 2.05) is 45.9 Å². The smallest absolute Gasteiger partial charge is 0.408 e. The number of ether oxygens (including phenoxy) is 1. The molecule has 1 heterocycles. The Labute approximate surface area is 187 Å². The number of aryl methyl sites for hydroxylation is 2. The maximum atomic E-state index is 12.4. The molecule has 170 valence electrons. The molecular formula is C22H32N4O4S. The minimum Gasteiger partial charge on any atom is -0.444 e. The quantitative estimate of drug-likeness (QED) is 0.546. The summed E-state index contributed by atoms with van der Waals surface area (Å²) >= 11 is 1.15. The molecule has 0 radical (unpaired) electrons. The van der Waals surface area contributed by atoms with Crippen LogP contribution in [0.15, 0.2) is 27.8 Å². The predicted molar refractivity (Wildman–Crippen MR) is 121 cm³/mol. The molecule has 0 aliphatic carbocycles. The van der Waals surface area contributed by atoms with E-state index in [1.54, 1.807) is 20.8 Å². The summed E-state index contributed by atoms with van der Waals surface area (Å²) in [5.74, 6) is 0.542. The first-order chi connectivity index (χ1) is 14.4. The molecule has 31 heavy (non-hydrogen) atoms. The van der Waals surface area contributed by atoms with Gasteiger partial charge in [0.25, 0.3) is 5.22 Å². The summed E-state index contributed by atoms with van der Waals surface area (Å²) in [5.41, 5.74) is 2.22. The van der Waals surface area contributed by atoms with Crippen molar-refractivity contribution < 1.29 is 18.7 Å². The standard InChI is InChI=1S/C22H32N4O4S/c1-13(2)11-16(23-20(28)30-22(5,6)7)19-25-26-21(29-19)31-12-17(27)24-18-14(3)9-8-10-15(18)4/h8-10,13,16H,11-12H2,1-7H3,(H,23,28)(H,24,27)/t16-/m1/s1. The molecule has 9 heteroatoms. The summed E-state index contributed by atoms with van der Waals surface area (Å²) in [6.07, 6.45) is 0.0667. The fourth-order valence-electron chi connectivity index (χ4n) is 2.88. The first-order valence-corrected chi connectivity index (χ1v) is 11.2. The number of aromatic nitrogens is 2. The van der Waals surface area contributed by atoms with Crippen LogP contribution in [0.4, 0.5) is 10.5 Å². The third-order valence-corrected chi connectivity index (χ3v) is 5.01. The molecule has 0 saturated heterocycles. The lowest BCUT2D eigenvalue weighted by Gasteiger charge is -2.22. The van der Waals surface area contributed by atoms with Crippen LogP contribution < -0.4 is 10.6 Å². The van der Waals surface area contributed by atoms with E-state index < -0.39 is 17.7 Å². The van der Waals surface area contributed by atoms with Gasteiger partial charge in [0, 0.05) is 5.69 Å². The van der Waals surface area contributed by atoms with Crippen molar-refractivity contribution >= 4 is 29.4 Å². The van der Waals surface area contributed by atoms with E-state index in [-0.39, 0.29) is 28.7 Å². The predicted octanol–water partition coefficient (Wildman–Crippen LogP) is 5.03. The fraction of sp³-hybridized carbons (Fsp3) is 0.545. The average molecular weight is 449 g/mol. The number of para-hydroxylation sites is 1. The molecule has 1 atom stereocenters. The molecular weight excluding hydrogens is 416 g/mol. The number of carbonyl (C=O) groups is 2. The van der Waals surface area contributed by atoms with Gasteiger partial charge in [-0.3, -0.25) is 4.79 Å². The molecule has 2 amide bonds. The summed E-state index contributed by atoms with van der Waals surface area (Å²) in [7, 11) is 0. The van der Waals surface area contributed by atoms with Crippen LogP contribution in [0.3, 0.4) is 0 Å². The van der Waals surface area contributed by atoms with Gasteiger partial charge < -0.3 is 19.8 Å². The SMILES string of the molecule is Cc1cccc(C)c1NC(=O)CSc1nnc([C@@H](CC(C)C)NC(=O)OC(C)(C)C)o1. The van der Waals surface area contributed by atoms with Crippen molar-refractivity contribution in [1.82, 2.24) is 15.5 Å². The Morgan fingerprint density at radius 2 is 1.81 bits per heavy atom. The first kappa shape index (κ1) is 24.7. The number of carbonyl (C=O) groups excluding carboxylic acids is 2. The second-order valence-corrected chi connectivity index (χ2v) is 9.76. The van der Waals surface area contributed by atoms with Crippen molar-refractivity contribution in [3.63, 3.8) is 0 Å². The lowest BCUT2D eigenvalue weighted by atomic mass is 10.0. The van der Waals surface area contributed by atoms with E-state index in [4.69, 9.17) is 9.15 Å². The molecule has 1 aromatic carbocycles. The lowest BCUT2D eigenvalue weighted by Crippen LogP contribution is -2.35. The highest BCUT2D eigenvalue weighted by molar-refractivity contribution is 7.99. The number of anilines is 1. The van der Waals surface area contributed by atoms with Crippen LogP contribution in [-0.2, 0) is 9.53 Å². The van der Waals surface area contributed by atoms with E-state index in [0.29, 0.717) is 6.42 Å². The number of hydrogen-bond donors (Lipinski definition) is 2. The van der Waals surface area contributed by atoms with E-state index in [0.717, 1.165) is 28.6 Å². The third kappa shape index (κ3) is 8.24. The molecule has 0 bridgehead atoms. The van der Waals surface area contributed by atoms with Gasteiger partial charge in [-0.2, -0.15) is 0 Å². The number of rotatable bonds is 8.